The Hall–Kier alpha value is -3.39. The molecular formula is C19H14BrN3O4. The summed E-state index contributed by atoms with van der Waals surface area (Å²) in [5.74, 6) is -0.824. The van der Waals surface area contributed by atoms with Crippen molar-refractivity contribution in [2.75, 3.05) is 5.32 Å². The van der Waals surface area contributed by atoms with Crippen LogP contribution in [0.25, 0.3) is 0 Å². The van der Waals surface area contributed by atoms with Crippen molar-refractivity contribution in [3.05, 3.63) is 82.2 Å². The molecule has 3 N–H and O–H groups in total. The Morgan fingerprint density at radius 2 is 1.89 bits per heavy atom. The zero-order valence-corrected chi connectivity index (χ0v) is 15.4. The Kier molecular flexibility index (Phi) is 5.68. The van der Waals surface area contributed by atoms with E-state index in [1.165, 1.54) is 24.6 Å². The fourth-order valence-corrected chi connectivity index (χ4v) is 2.61. The fourth-order valence-electron chi connectivity index (χ4n) is 2.23. The first-order valence-corrected chi connectivity index (χ1v) is 8.59. The van der Waals surface area contributed by atoms with Crippen LogP contribution in [0.15, 0.2) is 74.9 Å². The molecule has 1 aromatic heterocycles. The molecule has 0 aliphatic heterocycles. The van der Waals surface area contributed by atoms with Crippen molar-refractivity contribution in [1.82, 2.24) is 5.43 Å². The number of amides is 2. The van der Waals surface area contributed by atoms with Gasteiger partial charge in [0.2, 0.25) is 0 Å². The average Bonchev–Trinajstić information content (AvgIpc) is 3.20. The van der Waals surface area contributed by atoms with E-state index in [9.17, 15) is 14.7 Å². The molecule has 1 heterocycles. The molecule has 0 spiro atoms. The highest BCUT2D eigenvalue weighted by Crippen LogP contribution is 2.20. The lowest BCUT2D eigenvalue weighted by molar-refractivity contribution is 0.0956. The molecule has 0 bridgehead atoms. The summed E-state index contributed by atoms with van der Waals surface area (Å²) < 4.78 is 5.80. The molecule has 3 aromatic rings. The third-order valence-corrected chi connectivity index (χ3v) is 4.02. The van der Waals surface area contributed by atoms with Crippen LogP contribution in [0.5, 0.6) is 5.75 Å². The SMILES string of the molecule is O=C(Nc1ccccc1C(=O)N/N=C\c1cc(Br)ccc1O)c1ccco1. The number of phenols is 1. The summed E-state index contributed by atoms with van der Waals surface area (Å²) in [4.78, 5) is 24.5. The number of nitrogens with one attached hydrogen (secondary N) is 2. The fraction of sp³-hybridized carbons (Fsp3) is 0. The van der Waals surface area contributed by atoms with E-state index in [0.717, 1.165) is 4.47 Å². The van der Waals surface area contributed by atoms with E-state index in [0.29, 0.717) is 11.3 Å². The topological polar surface area (TPSA) is 104 Å². The van der Waals surface area contributed by atoms with Crippen LogP contribution in [-0.4, -0.2) is 23.1 Å². The normalized spacial score (nSPS) is 10.7. The number of anilines is 1. The first-order chi connectivity index (χ1) is 13.0. The number of halogens is 1. The predicted molar refractivity (Wildman–Crippen MR) is 104 cm³/mol. The first kappa shape index (κ1) is 18.4. The van der Waals surface area contributed by atoms with Crippen LogP contribution in [0, 0.1) is 0 Å². The van der Waals surface area contributed by atoms with Gasteiger partial charge in [-0.3, -0.25) is 9.59 Å². The van der Waals surface area contributed by atoms with Crippen LogP contribution < -0.4 is 10.7 Å². The van der Waals surface area contributed by atoms with Crippen molar-refractivity contribution < 1.29 is 19.1 Å². The zero-order valence-electron chi connectivity index (χ0n) is 13.8. The maximum absolute atomic E-state index is 12.4. The summed E-state index contributed by atoms with van der Waals surface area (Å²) in [5.41, 5.74) is 3.35. The molecule has 2 amide bonds. The number of aromatic hydroxyl groups is 1. The van der Waals surface area contributed by atoms with Crippen LogP contribution in [0.2, 0.25) is 0 Å². The van der Waals surface area contributed by atoms with Crippen molar-refractivity contribution in [2.24, 2.45) is 5.10 Å². The van der Waals surface area contributed by atoms with E-state index in [-0.39, 0.29) is 17.1 Å². The van der Waals surface area contributed by atoms with Gasteiger partial charge < -0.3 is 14.8 Å². The number of phenolic OH excluding ortho intramolecular Hbond substituents is 1. The molecular weight excluding hydrogens is 414 g/mol. The Morgan fingerprint density at radius 3 is 2.67 bits per heavy atom. The second-order valence-electron chi connectivity index (χ2n) is 5.38. The van der Waals surface area contributed by atoms with Gasteiger partial charge in [-0.1, -0.05) is 28.1 Å². The maximum atomic E-state index is 12.4. The first-order valence-electron chi connectivity index (χ1n) is 7.80. The highest BCUT2D eigenvalue weighted by molar-refractivity contribution is 9.10. The van der Waals surface area contributed by atoms with Crippen LogP contribution in [0.3, 0.4) is 0 Å². The molecule has 0 aliphatic carbocycles. The van der Waals surface area contributed by atoms with Crippen LogP contribution >= 0.6 is 15.9 Å². The molecule has 136 valence electrons. The van der Waals surface area contributed by atoms with Gasteiger partial charge in [-0.2, -0.15) is 5.10 Å². The Morgan fingerprint density at radius 1 is 1.07 bits per heavy atom. The molecule has 0 saturated carbocycles. The number of carbonyl (C=O) groups is 2. The highest BCUT2D eigenvalue weighted by Gasteiger charge is 2.15. The molecule has 3 rings (SSSR count). The Labute approximate surface area is 162 Å². The van der Waals surface area contributed by atoms with Gasteiger partial charge in [-0.15, -0.1) is 0 Å². The van der Waals surface area contributed by atoms with E-state index in [1.807, 2.05) is 0 Å². The molecule has 0 radical (unpaired) electrons. The lowest BCUT2D eigenvalue weighted by Crippen LogP contribution is -2.21. The molecule has 2 aromatic carbocycles. The third-order valence-electron chi connectivity index (χ3n) is 3.52. The number of hydrogen-bond acceptors (Lipinski definition) is 5. The molecule has 27 heavy (non-hydrogen) atoms. The molecule has 0 atom stereocenters. The highest BCUT2D eigenvalue weighted by atomic mass is 79.9. The van der Waals surface area contributed by atoms with Gasteiger partial charge in [0.1, 0.15) is 5.75 Å². The summed E-state index contributed by atoms with van der Waals surface area (Å²) in [7, 11) is 0. The molecule has 7 nitrogen and oxygen atoms in total. The van der Waals surface area contributed by atoms with Crippen molar-refractivity contribution >= 4 is 39.6 Å². The van der Waals surface area contributed by atoms with E-state index >= 15 is 0 Å². The van der Waals surface area contributed by atoms with Crippen molar-refractivity contribution in [3.63, 3.8) is 0 Å². The van der Waals surface area contributed by atoms with E-state index in [2.05, 4.69) is 31.8 Å². The molecule has 0 saturated heterocycles. The Bertz CT molecular complexity index is 1000. The van der Waals surface area contributed by atoms with E-state index < -0.39 is 11.8 Å². The lowest BCUT2D eigenvalue weighted by atomic mass is 10.1. The average molecular weight is 428 g/mol. The number of para-hydroxylation sites is 1. The second kappa shape index (κ2) is 8.33. The summed E-state index contributed by atoms with van der Waals surface area (Å²) in [6, 6.07) is 14.5. The van der Waals surface area contributed by atoms with Gasteiger partial charge in [0.05, 0.1) is 23.7 Å². The number of hydrogen-bond donors (Lipinski definition) is 3. The molecule has 8 heteroatoms. The minimum absolute atomic E-state index is 0.0299. The number of carbonyl (C=O) groups excluding carboxylic acids is 2. The number of nitrogens with zero attached hydrogens (tertiary/aromatic N) is 1. The number of furan rings is 1. The lowest BCUT2D eigenvalue weighted by Gasteiger charge is -2.09. The standard InChI is InChI=1S/C19H14BrN3O4/c20-13-7-8-16(24)12(10-13)11-21-23-18(25)14-4-1-2-5-15(14)22-19(26)17-6-3-9-27-17/h1-11,24H,(H,22,26)(H,23,25)/b21-11-. The van der Waals surface area contributed by atoms with Crippen LogP contribution in [-0.2, 0) is 0 Å². The van der Waals surface area contributed by atoms with Gasteiger partial charge in [0.15, 0.2) is 5.76 Å². The van der Waals surface area contributed by atoms with E-state index in [1.54, 1.807) is 42.5 Å². The monoisotopic (exact) mass is 427 g/mol. The zero-order chi connectivity index (χ0) is 19.2. The largest absolute Gasteiger partial charge is 0.507 e. The van der Waals surface area contributed by atoms with Gasteiger partial charge in [-0.25, -0.2) is 5.43 Å². The quantitative estimate of drug-likeness (QED) is 0.425. The van der Waals surface area contributed by atoms with Crippen molar-refractivity contribution in [3.8, 4) is 5.75 Å². The Balaban J connectivity index is 1.72. The maximum Gasteiger partial charge on any atom is 0.291 e. The van der Waals surface area contributed by atoms with Crippen molar-refractivity contribution in [1.29, 1.82) is 0 Å². The third kappa shape index (κ3) is 4.62. The number of benzene rings is 2. The number of rotatable bonds is 5. The molecule has 0 aliphatic rings. The molecule has 0 unspecified atom stereocenters. The summed E-state index contributed by atoms with van der Waals surface area (Å²) in [5, 5.41) is 16.3. The minimum atomic E-state index is -0.518. The van der Waals surface area contributed by atoms with Gasteiger partial charge >= 0.3 is 0 Å². The summed E-state index contributed by atoms with van der Waals surface area (Å²) in [6.07, 6.45) is 2.71. The van der Waals surface area contributed by atoms with Gasteiger partial charge in [0, 0.05) is 10.0 Å². The number of hydrazone groups is 1. The predicted octanol–water partition coefficient (Wildman–Crippen LogP) is 3.76. The smallest absolute Gasteiger partial charge is 0.291 e. The van der Waals surface area contributed by atoms with Gasteiger partial charge in [0.25, 0.3) is 11.8 Å². The van der Waals surface area contributed by atoms with Crippen LogP contribution in [0.1, 0.15) is 26.5 Å². The summed E-state index contributed by atoms with van der Waals surface area (Å²) >= 11 is 3.29. The minimum Gasteiger partial charge on any atom is -0.507 e. The van der Waals surface area contributed by atoms with Crippen LogP contribution in [0.4, 0.5) is 5.69 Å². The molecule has 0 fully saturated rings. The van der Waals surface area contributed by atoms with E-state index in [4.69, 9.17) is 4.42 Å². The van der Waals surface area contributed by atoms with Crippen molar-refractivity contribution in [2.45, 2.75) is 0 Å². The van der Waals surface area contributed by atoms with Gasteiger partial charge in [-0.05, 0) is 42.5 Å². The summed E-state index contributed by atoms with van der Waals surface area (Å²) in [6.45, 7) is 0. The second-order valence-corrected chi connectivity index (χ2v) is 6.29.